The van der Waals surface area contributed by atoms with E-state index in [1.807, 2.05) is 6.92 Å². The highest BCUT2D eigenvalue weighted by Gasteiger charge is 2.12. The summed E-state index contributed by atoms with van der Waals surface area (Å²) in [6.45, 7) is 2.36. The van der Waals surface area contributed by atoms with Crippen LogP contribution in [0, 0.1) is 12.3 Å². The predicted octanol–water partition coefficient (Wildman–Crippen LogP) is -0.390. The predicted molar refractivity (Wildman–Crippen MR) is 62.6 cm³/mol. The average Bonchev–Trinajstić information content (AvgIpc) is 2.17. The van der Waals surface area contributed by atoms with Crippen molar-refractivity contribution in [2.45, 2.75) is 31.1 Å². The molecule has 3 unspecified atom stereocenters. The number of terminal acetylenes is 1. The largest absolute Gasteiger partial charge is 0.355 e. The van der Waals surface area contributed by atoms with Crippen LogP contribution in [0.2, 0.25) is 0 Å². The first-order chi connectivity index (χ1) is 6.99. The molecule has 1 amide bonds. The summed E-state index contributed by atoms with van der Waals surface area (Å²) >= 11 is 0. The van der Waals surface area contributed by atoms with Crippen LogP contribution in [-0.4, -0.2) is 34.2 Å². The molecule has 0 saturated carbocycles. The normalized spacial score (nSPS) is 16.1. The van der Waals surface area contributed by atoms with Gasteiger partial charge in [-0.15, -0.1) is 12.3 Å². The van der Waals surface area contributed by atoms with E-state index in [1.54, 1.807) is 6.26 Å². The van der Waals surface area contributed by atoms with Crippen molar-refractivity contribution in [1.82, 2.24) is 5.32 Å². The van der Waals surface area contributed by atoms with E-state index >= 15 is 0 Å². The van der Waals surface area contributed by atoms with Gasteiger partial charge in [0, 0.05) is 35.3 Å². The first kappa shape index (κ1) is 14.1. The SMILES string of the molecule is C#CCC(N)C(=O)NCCC(C)S(C)=O. The molecule has 0 fully saturated rings. The molecule has 3 atom stereocenters. The van der Waals surface area contributed by atoms with Gasteiger partial charge >= 0.3 is 0 Å². The minimum Gasteiger partial charge on any atom is -0.355 e. The number of carbonyl (C=O) groups excluding carboxylic acids is 1. The number of hydrogen-bond acceptors (Lipinski definition) is 3. The van der Waals surface area contributed by atoms with Crippen LogP contribution >= 0.6 is 0 Å². The number of rotatable bonds is 6. The van der Waals surface area contributed by atoms with Crippen molar-refractivity contribution in [2.75, 3.05) is 12.8 Å². The summed E-state index contributed by atoms with van der Waals surface area (Å²) in [4.78, 5) is 11.3. The molecule has 5 heteroatoms. The molecule has 0 aromatic rings. The Kier molecular flexibility index (Phi) is 7.01. The van der Waals surface area contributed by atoms with E-state index in [1.165, 1.54) is 0 Å². The van der Waals surface area contributed by atoms with Gasteiger partial charge in [-0.25, -0.2) is 0 Å². The van der Waals surface area contributed by atoms with Gasteiger partial charge in [-0.05, 0) is 6.42 Å². The monoisotopic (exact) mass is 230 g/mol. The summed E-state index contributed by atoms with van der Waals surface area (Å²) in [6, 6.07) is -0.641. The van der Waals surface area contributed by atoms with E-state index in [0.717, 1.165) is 0 Å². The fraction of sp³-hybridized carbons (Fsp3) is 0.700. The highest BCUT2D eigenvalue weighted by molar-refractivity contribution is 7.84. The van der Waals surface area contributed by atoms with E-state index in [2.05, 4.69) is 11.2 Å². The summed E-state index contributed by atoms with van der Waals surface area (Å²) in [7, 11) is -0.854. The third-order valence-electron chi connectivity index (χ3n) is 2.09. The lowest BCUT2D eigenvalue weighted by atomic mass is 10.2. The Bertz CT molecular complexity index is 273. The molecule has 0 heterocycles. The van der Waals surface area contributed by atoms with E-state index in [-0.39, 0.29) is 17.6 Å². The third kappa shape index (κ3) is 6.26. The minimum atomic E-state index is -0.854. The zero-order chi connectivity index (χ0) is 11.8. The van der Waals surface area contributed by atoms with E-state index in [0.29, 0.717) is 13.0 Å². The first-order valence-corrected chi connectivity index (χ1v) is 6.40. The lowest BCUT2D eigenvalue weighted by molar-refractivity contribution is -0.122. The number of hydrogen-bond donors (Lipinski definition) is 2. The van der Waals surface area contributed by atoms with Gasteiger partial charge in [0.2, 0.25) is 5.91 Å². The molecule has 15 heavy (non-hydrogen) atoms. The quantitative estimate of drug-likeness (QED) is 0.610. The zero-order valence-electron chi connectivity index (χ0n) is 9.16. The molecule has 0 aliphatic carbocycles. The molecular weight excluding hydrogens is 212 g/mol. The fourth-order valence-corrected chi connectivity index (χ4v) is 1.37. The molecule has 0 aromatic heterocycles. The maximum Gasteiger partial charge on any atom is 0.237 e. The van der Waals surface area contributed by atoms with Crippen molar-refractivity contribution in [3.05, 3.63) is 0 Å². The van der Waals surface area contributed by atoms with Crippen molar-refractivity contribution < 1.29 is 9.00 Å². The molecule has 0 aromatic carbocycles. The first-order valence-electron chi connectivity index (χ1n) is 4.78. The van der Waals surface area contributed by atoms with Gasteiger partial charge in [0.25, 0.3) is 0 Å². The Morgan fingerprint density at radius 1 is 1.67 bits per heavy atom. The van der Waals surface area contributed by atoms with Crippen molar-refractivity contribution in [3.63, 3.8) is 0 Å². The maximum atomic E-state index is 11.3. The second kappa shape index (κ2) is 7.43. The molecule has 0 radical (unpaired) electrons. The topological polar surface area (TPSA) is 72.2 Å². The van der Waals surface area contributed by atoms with Crippen LogP contribution in [0.15, 0.2) is 0 Å². The molecule has 0 aliphatic rings. The minimum absolute atomic E-state index is 0.0779. The average molecular weight is 230 g/mol. The zero-order valence-corrected chi connectivity index (χ0v) is 9.97. The molecule has 86 valence electrons. The van der Waals surface area contributed by atoms with E-state index in [9.17, 15) is 9.00 Å². The second-order valence-electron chi connectivity index (χ2n) is 3.40. The summed E-state index contributed by atoms with van der Waals surface area (Å²) < 4.78 is 11.0. The molecule has 3 N–H and O–H groups in total. The van der Waals surface area contributed by atoms with Gasteiger partial charge in [-0.3, -0.25) is 9.00 Å². The van der Waals surface area contributed by atoms with Crippen molar-refractivity contribution >= 4 is 16.7 Å². The number of carbonyl (C=O) groups is 1. The van der Waals surface area contributed by atoms with Crippen LogP contribution in [0.3, 0.4) is 0 Å². The molecule has 4 nitrogen and oxygen atoms in total. The molecule has 0 spiro atoms. The van der Waals surface area contributed by atoms with Crippen LogP contribution in [0.5, 0.6) is 0 Å². The summed E-state index contributed by atoms with van der Waals surface area (Å²) in [5.74, 6) is 2.08. The van der Waals surface area contributed by atoms with Gasteiger partial charge in [0.15, 0.2) is 0 Å². The smallest absolute Gasteiger partial charge is 0.237 e. The van der Waals surface area contributed by atoms with Crippen LogP contribution in [0.4, 0.5) is 0 Å². The number of amides is 1. The number of nitrogens with one attached hydrogen (secondary N) is 1. The second-order valence-corrected chi connectivity index (χ2v) is 5.21. The maximum absolute atomic E-state index is 11.3. The Morgan fingerprint density at radius 2 is 2.27 bits per heavy atom. The van der Waals surface area contributed by atoms with Crippen LogP contribution in [0.1, 0.15) is 19.8 Å². The van der Waals surface area contributed by atoms with Gasteiger partial charge in [-0.1, -0.05) is 6.92 Å². The summed E-state index contributed by atoms with van der Waals surface area (Å²) in [5, 5.41) is 2.74. The highest BCUT2D eigenvalue weighted by atomic mass is 32.2. The summed E-state index contributed by atoms with van der Waals surface area (Å²) in [6.07, 6.45) is 7.60. The van der Waals surface area contributed by atoms with E-state index < -0.39 is 16.8 Å². The van der Waals surface area contributed by atoms with Gasteiger partial charge in [-0.2, -0.15) is 0 Å². The fourth-order valence-electron chi connectivity index (χ4n) is 0.915. The Morgan fingerprint density at radius 3 is 2.73 bits per heavy atom. The molecule has 0 rings (SSSR count). The van der Waals surface area contributed by atoms with Crippen LogP contribution in [0.25, 0.3) is 0 Å². The Balaban J connectivity index is 3.73. The van der Waals surface area contributed by atoms with Crippen molar-refractivity contribution in [3.8, 4) is 12.3 Å². The molecule has 0 aliphatic heterocycles. The Labute approximate surface area is 93.4 Å². The van der Waals surface area contributed by atoms with Crippen LogP contribution in [-0.2, 0) is 15.6 Å². The van der Waals surface area contributed by atoms with E-state index in [4.69, 9.17) is 12.2 Å². The van der Waals surface area contributed by atoms with Crippen molar-refractivity contribution in [2.24, 2.45) is 5.73 Å². The molecule has 0 bridgehead atoms. The molecular formula is C10H18N2O2S. The Hall–Kier alpha value is -0.860. The third-order valence-corrected chi connectivity index (χ3v) is 3.46. The standard InChI is InChI=1S/C10H18N2O2S/c1-4-5-9(11)10(13)12-7-6-8(2)15(3)14/h1,8-9H,5-7,11H2,2-3H3,(H,12,13). The van der Waals surface area contributed by atoms with Crippen LogP contribution < -0.4 is 11.1 Å². The molecule has 0 saturated heterocycles. The lowest BCUT2D eigenvalue weighted by Gasteiger charge is -2.11. The van der Waals surface area contributed by atoms with Gasteiger partial charge < -0.3 is 11.1 Å². The highest BCUT2D eigenvalue weighted by Crippen LogP contribution is 1.97. The lowest BCUT2D eigenvalue weighted by Crippen LogP contribution is -2.41. The van der Waals surface area contributed by atoms with Crippen molar-refractivity contribution in [1.29, 1.82) is 0 Å². The van der Waals surface area contributed by atoms with Gasteiger partial charge in [0.1, 0.15) is 0 Å². The number of nitrogens with two attached hydrogens (primary N) is 1. The van der Waals surface area contributed by atoms with Gasteiger partial charge in [0.05, 0.1) is 6.04 Å². The summed E-state index contributed by atoms with van der Waals surface area (Å²) in [5.41, 5.74) is 5.49.